The number of rotatable bonds is 2. The summed E-state index contributed by atoms with van der Waals surface area (Å²) in [4.78, 5) is 2.49. The van der Waals surface area contributed by atoms with Crippen molar-refractivity contribution in [1.29, 1.82) is 0 Å². The Morgan fingerprint density at radius 2 is 2.12 bits per heavy atom. The Balaban J connectivity index is 2.27. The number of hydrogen-bond donors (Lipinski definition) is 1. The molecule has 1 heterocycles. The molecule has 16 heavy (non-hydrogen) atoms. The van der Waals surface area contributed by atoms with Crippen molar-refractivity contribution in [3.8, 4) is 0 Å². The summed E-state index contributed by atoms with van der Waals surface area (Å²) in [6.45, 7) is 10.0. The van der Waals surface area contributed by atoms with Gasteiger partial charge < -0.3 is 10.2 Å². The highest BCUT2D eigenvalue weighted by molar-refractivity contribution is 5.54. The summed E-state index contributed by atoms with van der Waals surface area (Å²) in [6.07, 6.45) is 0. The molecule has 88 valence electrons. The minimum Gasteiger partial charge on any atom is -0.370 e. The van der Waals surface area contributed by atoms with Gasteiger partial charge in [-0.1, -0.05) is 32.0 Å². The van der Waals surface area contributed by atoms with Crippen molar-refractivity contribution in [3.05, 3.63) is 29.8 Å². The number of hydrogen-bond acceptors (Lipinski definition) is 2. The largest absolute Gasteiger partial charge is 0.370 e. The van der Waals surface area contributed by atoms with Crippen molar-refractivity contribution in [2.24, 2.45) is 5.92 Å². The third-order valence-corrected chi connectivity index (χ3v) is 3.49. The fourth-order valence-corrected chi connectivity index (χ4v) is 2.36. The number of nitrogens with one attached hydrogen (secondary N) is 1. The molecule has 0 saturated carbocycles. The quantitative estimate of drug-likeness (QED) is 0.821. The van der Waals surface area contributed by atoms with Crippen molar-refractivity contribution in [1.82, 2.24) is 5.32 Å². The highest BCUT2D eigenvalue weighted by Gasteiger charge is 2.21. The minimum absolute atomic E-state index is 0.590. The minimum atomic E-state index is 0.590. The first-order chi connectivity index (χ1) is 7.72. The molecule has 2 heteroatoms. The predicted molar refractivity (Wildman–Crippen MR) is 69.8 cm³/mol. The SMILES string of the molecule is CCN1CC(C(C)C)NCc2ccccc21. The van der Waals surface area contributed by atoms with E-state index in [0.29, 0.717) is 12.0 Å². The van der Waals surface area contributed by atoms with Crippen LogP contribution in [0.25, 0.3) is 0 Å². The van der Waals surface area contributed by atoms with Gasteiger partial charge >= 0.3 is 0 Å². The Morgan fingerprint density at radius 1 is 1.38 bits per heavy atom. The molecule has 0 fully saturated rings. The highest BCUT2D eigenvalue weighted by atomic mass is 15.2. The molecule has 0 spiro atoms. The molecule has 0 aliphatic carbocycles. The first-order valence-corrected chi connectivity index (χ1v) is 6.28. The van der Waals surface area contributed by atoms with E-state index >= 15 is 0 Å². The maximum Gasteiger partial charge on any atom is 0.0412 e. The van der Waals surface area contributed by atoms with Crippen LogP contribution in [0.5, 0.6) is 0 Å². The Bertz CT molecular complexity index is 346. The lowest BCUT2D eigenvalue weighted by Gasteiger charge is -2.28. The van der Waals surface area contributed by atoms with Crippen molar-refractivity contribution in [2.45, 2.75) is 33.4 Å². The molecule has 1 aliphatic rings. The number of fused-ring (bicyclic) bond motifs is 1. The van der Waals surface area contributed by atoms with E-state index in [4.69, 9.17) is 0 Å². The summed E-state index contributed by atoms with van der Waals surface area (Å²) in [5.74, 6) is 0.684. The molecular formula is C14H22N2. The smallest absolute Gasteiger partial charge is 0.0412 e. The zero-order valence-electron chi connectivity index (χ0n) is 10.5. The van der Waals surface area contributed by atoms with Gasteiger partial charge in [-0.25, -0.2) is 0 Å². The topological polar surface area (TPSA) is 15.3 Å². The van der Waals surface area contributed by atoms with Crippen LogP contribution in [-0.2, 0) is 6.54 Å². The van der Waals surface area contributed by atoms with Crippen LogP contribution < -0.4 is 10.2 Å². The van der Waals surface area contributed by atoms with Gasteiger partial charge in [0.05, 0.1) is 0 Å². The van der Waals surface area contributed by atoms with Crippen LogP contribution in [-0.4, -0.2) is 19.1 Å². The van der Waals surface area contributed by atoms with Crippen molar-refractivity contribution in [3.63, 3.8) is 0 Å². The van der Waals surface area contributed by atoms with Crippen LogP contribution in [0.3, 0.4) is 0 Å². The van der Waals surface area contributed by atoms with Gasteiger partial charge in [0.15, 0.2) is 0 Å². The molecule has 2 nitrogen and oxygen atoms in total. The van der Waals surface area contributed by atoms with Gasteiger partial charge in [0.25, 0.3) is 0 Å². The van der Waals surface area contributed by atoms with Gasteiger partial charge in [-0.15, -0.1) is 0 Å². The number of anilines is 1. The van der Waals surface area contributed by atoms with E-state index in [-0.39, 0.29) is 0 Å². The third-order valence-electron chi connectivity index (χ3n) is 3.49. The molecular weight excluding hydrogens is 196 g/mol. The second-order valence-corrected chi connectivity index (χ2v) is 4.90. The lowest BCUT2D eigenvalue weighted by Crippen LogP contribution is -2.41. The van der Waals surface area contributed by atoms with E-state index in [9.17, 15) is 0 Å². The lowest BCUT2D eigenvalue weighted by atomic mass is 10.0. The Morgan fingerprint density at radius 3 is 2.81 bits per heavy atom. The third kappa shape index (κ3) is 2.22. The lowest BCUT2D eigenvalue weighted by molar-refractivity contribution is 0.405. The molecule has 0 saturated heterocycles. The molecule has 1 aliphatic heterocycles. The number of para-hydroxylation sites is 1. The number of likely N-dealkylation sites (N-methyl/N-ethyl adjacent to an activating group) is 1. The zero-order valence-corrected chi connectivity index (χ0v) is 10.5. The van der Waals surface area contributed by atoms with Crippen LogP contribution in [0.1, 0.15) is 26.3 Å². The van der Waals surface area contributed by atoms with Crippen LogP contribution in [0.15, 0.2) is 24.3 Å². The number of nitrogens with zero attached hydrogens (tertiary/aromatic N) is 1. The zero-order chi connectivity index (χ0) is 11.5. The summed E-state index contributed by atoms with van der Waals surface area (Å²) in [5, 5.41) is 3.66. The Kier molecular flexibility index (Phi) is 3.49. The van der Waals surface area contributed by atoms with Gasteiger partial charge in [-0.3, -0.25) is 0 Å². The molecule has 1 aromatic rings. The molecule has 1 unspecified atom stereocenters. The van der Waals surface area contributed by atoms with Gasteiger partial charge in [0.2, 0.25) is 0 Å². The van der Waals surface area contributed by atoms with Gasteiger partial charge in [0, 0.05) is 31.4 Å². The maximum absolute atomic E-state index is 3.66. The normalized spacial score (nSPS) is 20.8. The van der Waals surface area contributed by atoms with E-state index in [0.717, 1.165) is 19.6 Å². The fraction of sp³-hybridized carbons (Fsp3) is 0.571. The second kappa shape index (κ2) is 4.88. The first kappa shape index (κ1) is 11.5. The number of benzene rings is 1. The Hall–Kier alpha value is -1.02. The average molecular weight is 218 g/mol. The molecule has 1 atom stereocenters. The van der Waals surface area contributed by atoms with Gasteiger partial charge in [-0.05, 0) is 24.5 Å². The van der Waals surface area contributed by atoms with Crippen molar-refractivity contribution in [2.75, 3.05) is 18.0 Å². The standard InChI is InChI=1S/C14H22N2/c1-4-16-10-13(11(2)3)15-9-12-7-5-6-8-14(12)16/h5-8,11,13,15H,4,9-10H2,1-3H3. The highest BCUT2D eigenvalue weighted by Crippen LogP contribution is 2.24. The molecule has 0 aromatic heterocycles. The van der Waals surface area contributed by atoms with E-state index in [2.05, 4.69) is 55.3 Å². The molecule has 0 bridgehead atoms. The molecule has 0 amide bonds. The summed E-state index contributed by atoms with van der Waals surface area (Å²) in [7, 11) is 0. The monoisotopic (exact) mass is 218 g/mol. The fourth-order valence-electron chi connectivity index (χ4n) is 2.36. The second-order valence-electron chi connectivity index (χ2n) is 4.90. The van der Waals surface area contributed by atoms with Crippen LogP contribution in [0.2, 0.25) is 0 Å². The van der Waals surface area contributed by atoms with Gasteiger partial charge in [-0.2, -0.15) is 0 Å². The van der Waals surface area contributed by atoms with Crippen molar-refractivity contribution >= 4 is 5.69 Å². The van der Waals surface area contributed by atoms with E-state index in [1.165, 1.54) is 11.3 Å². The summed E-state index contributed by atoms with van der Waals surface area (Å²) >= 11 is 0. The van der Waals surface area contributed by atoms with E-state index < -0.39 is 0 Å². The van der Waals surface area contributed by atoms with Gasteiger partial charge in [0.1, 0.15) is 0 Å². The summed E-state index contributed by atoms with van der Waals surface area (Å²) < 4.78 is 0. The Labute approximate surface area is 98.7 Å². The average Bonchev–Trinajstić information content (AvgIpc) is 2.48. The molecule has 2 rings (SSSR count). The van der Waals surface area contributed by atoms with E-state index in [1.54, 1.807) is 0 Å². The van der Waals surface area contributed by atoms with Crippen LogP contribution >= 0.6 is 0 Å². The van der Waals surface area contributed by atoms with Crippen molar-refractivity contribution < 1.29 is 0 Å². The first-order valence-electron chi connectivity index (χ1n) is 6.28. The molecule has 1 N–H and O–H groups in total. The van der Waals surface area contributed by atoms with Crippen LogP contribution in [0, 0.1) is 5.92 Å². The predicted octanol–water partition coefficient (Wildman–Crippen LogP) is 2.64. The maximum atomic E-state index is 3.66. The molecule has 0 radical (unpaired) electrons. The molecule has 1 aromatic carbocycles. The summed E-state index contributed by atoms with van der Waals surface area (Å²) in [5.41, 5.74) is 2.83. The van der Waals surface area contributed by atoms with Crippen LogP contribution in [0.4, 0.5) is 5.69 Å². The summed E-state index contributed by atoms with van der Waals surface area (Å²) in [6, 6.07) is 9.32. The van der Waals surface area contributed by atoms with E-state index in [1.807, 2.05) is 0 Å².